The van der Waals surface area contributed by atoms with Crippen molar-refractivity contribution in [1.29, 1.82) is 0 Å². The first-order chi connectivity index (χ1) is 15.8. The number of carbonyl (C=O) groups is 2. The van der Waals surface area contributed by atoms with E-state index in [0.717, 1.165) is 26.9 Å². The molecule has 3 heterocycles. The standard InChI is InChI=1S/C23H26N6O3S/c1-4-14-10-15(11-17-18(14)33-22(27-17)28-21(32)24-5-2)16-12-25-20(26-13-16)29-8-6-23(3,7-9-29)19(30)31/h4,10-13H,1,5-9H2,2-3H3,(H,30,31)(H2,24,27,28,32). The zero-order valence-electron chi connectivity index (χ0n) is 18.6. The molecule has 0 bridgehead atoms. The summed E-state index contributed by atoms with van der Waals surface area (Å²) >= 11 is 1.40. The van der Waals surface area contributed by atoms with Crippen LogP contribution in [0.15, 0.2) is 31.1 Å². The summed E-state index contributed by atoms with van der Waals surface area (Å²) in [6.07, 6.45) is 6.41. The van der Waals surface area contributed by atoms with Gasteiger partial charge in [0.1, 0.15) is 0 Å². The molecule has 33 heavy (non-hydrogen) atoms. The Kier molecular flexibility index (Phi) is 6.28. The molecule has 1 saturated heterocycles. The predicted molar refractivity (Wildman–Crippen MR) is 131 cm³/mol. The Bertz CT molecular complexity index is 1200. The lowest BCUT2D eigenvalue weighted by Gasteiger charge is -2.36. The highest BCUT2D eigenvalue weighted by Crippen LogP contribution is 2.35. The number of carboxylic acid groups (broad SMARTS) is 1. The van der Waals surface area contributed by atoms with Gasteiger partial charge in [-0.15, -0.1) is 0 Å². The van der Waals surface area contributed by atoms with Crippen LogP contribution in [0.3, 0.4) is 0 Å². The second kappa shape index (κ2) is 9.14. The molecule has 2 aromatic heterocycles. The van der Waals surface area contributed by atoms with E-state index < -0.39 is 11.4 Å². The van der Waals surface area contributed by atoms with Crippen molar-refractivity contribution < 1.29 is 14.7 Å². The summed E-state index contributed by atoms with van der Waals surface area (Å²) in [7, 11) is 0. The molecule has 0 atom stereocenters. The monoisotopic (exact) mass is 466 g/mol. The van der Waals surface area contributed by atoms with Crippen LogP contribution in [-0.2, 0) is 4.79 Å². The van der Waals surface area contributed by atoms with E-state index in [2.05, 4.69) is 32.2 Å². The summed E-state index contributed by atoms with van der Waals surface area (Å²) in [6, 6.07) is 3.66. The lowest BCUT2D eigenvalue weighted by atomic mass is 9.80. The Morgan fingerprint density at radius 2 is 1.94 bits per heavy atom. The number of thiazole rings is 1. The SMILES string of the molecule is C=Cc1cc(-c2cnc(N3CCC(C)(C(=O)O)CC3)nc2)cc2nc(NC(=O)NCC)sc12. The van der Waals surface area contributed by atoms with Gasteiger partial charge in [-0.1, -0.05) is 24.0 Å². The summed E-state index contributed by atoms with van der Waals surface area (Å²) < 4.78 is 0.938. The van der Waals surface area contributed by atoms with Crippen LogP contribution < -0.4 is 15.5 Å². The van der Waals surface area contributed by atoms with Crippen LogP contribution in [-0.4, -0.2) is 51.7 Å². The number of nitrogens with one attached hydrogen (secondary N) is 2. The van der Waals surface area contributed by atoms with E-state index in [9.17, 15) is 14.7 Å². The molecule has 172 valence electrons. The van der Waals surface area contributed by atoms with Crippen LogP contribution in [0.2, 0.25) is 0 Å². The van der Waals surface area contributed by atoms with Gasteiger partial charge >= 0.3 is 12.0 Å². The van der Waals surface area contributed by atoms with Crippen molar-refractivity contribution in [2.24, 2.45) is 5.41 Å². The highest BCUT2D eigenvalue weighted by molar-refractivity contribution is 7.22. The fraction of sp³-hybridized carbons (Fsp3) is 0.348. The number of fused-ring (bicyclic) bond motifs is 1. The van der Waals surface area contributed by atoms with Crippen molar-refractivity contribution >= 4 is 50.7 Å². The Labute approximate surface area is 195 Å². The third-order valence-electron chi connectivity index (χ3n) is 5.93. The molecule has 9 nitrogen and oxygen atoms in total. The molecular weight excluding hydrogens is 440 g/mol. The number of piperidine rings is 1. The van der Waals surface area contributed by atoms with E-state index in [1.54, 1.807) is 25.4 Å². The topological polar surface area (TPSA) is 120 Å². The Balaban J connectivity index is 1.55. The number of aromatic nitrogens is 3. The summed E-state index contributed by atoms with van der Waals surface area (Å²) in [4.78, 5) is 38.9. The maximum absolute atomic E-state index is 11.8. The molecule has 0 saturated carbocycles. The molecule has 0 unspecified atom stereocenters. The van der Waals surface area contributed by atoms with Gasteiger partial charge in [0, 0.05) is 37.6 Å². The van der Waals surface area contributed by atoms with E-state index in [1.807, 2.05) is 24.0 Å². The van der Waals surface area contributed by atoms with Crippen molar-refractivity contribution in [3.05, 3.63) is 36.7 Å². The van der Waals surface area contributed by atoms with Gasteiger partial charge < -0.3 is 15.3 Å². The van der Waals surface area contributed by atoms with Gasteiger partial charge in [-0.25, -0.2) is 19.7 Å². The maximum Gasteiger partial charge on any atom is 0.321 e. The molecular formula is C23H26N6O3S. The van der Waals surface area contributed by atoms with Gasteiger partial charge in [0.25, 0.3) is 0 Å². The predicted octanol–water partition coefficient (Wildman–Crippen LogP) is 4.23. The number of hydrogen-bond acceptors (Lipinski definition) is 7. The number of rotatable bonds is 6. The number of benzene rings is 1. The Hall–Kier alpha value is -3.53. The number of amides is 2. The van der Waals surface area contributed by atoms with Crippen LogP contribution in [0.1, 0.15) is 32.3 Å². The molecule has 3 aromatic rings. The van der Waals surface area contributed by atoms with Crippen LogP contribution in [0.4, 0.5) is 15.9 Å². The third kappa shape index (κ3) is 4.65. The second-order valence-electron chi connectivity index (χ2n) is 8.25. The minimum atomic E-state index is -0.752. The first-order valence-electron chi connectivity index (χ1n) is 10.8. The number of nitrogens with zero attached hydrogens (tertiary/aromatic N) is 4. The highest BCUT2D eigenvalue weighted by Gasteiger charge is 2.37. The average Bonchev–Trinajstić information content (AvgIpc) is 3.21. The molecule has 2 amide bonds. The summed E-state index contributed by atoms with van der Waals surface area (Å²) in [6.45, 7) is 9.30. The van der Waals surface area contributed by atoms with Crippen molar-refractivity contribution in [1.82, 2.24) is 20.3 Å². The van der Waals surface area contributed by atoms with E-state index in [1.165, 1.54) is 11.3 Å². The molecule has 1 aliphatic rings. The first kappa shape index (κ1) is 22.7. The molecule has 4 rings (SSSR count). The van der Waals surface area contributed by atoms with Gasteiger partial charge in [0.2, 0.25) is 5.95 Å². The van der Waals surface area contributed by atoms with Gasteiger partial charge in [-0.3, -0.25) is 10.1 Å². The van der Waals surface area contributed by atoms with Gasteiger partial charge in [-0.05, 0) is 49.9 Å². The lowest BCUT2D eigenvalue weighted by Crippen LogP contribution is -2.43. The molecule has 1 fully saturated rings. The number of carbonyl (C=O) groups excluding carboxylic acids is 1. The molecule has 0 aliphatic carbocycles. The molecule has 3 N–H and O–H groups in total. The van der Waals surface area contributed by atoms with Gasteiger partial charge in [-0.2, -0.15) is 0 Å². The third-order valence-corrected chi connectivity index (χ3v) is 6.97. The molecule has 0 spiro atoms. The van der Waals surface area contributed by atoms with E-state index >= 15 is 0 Å². The van der Waals surface area contributed by atoms with Crippen molar-refractivity contribution in [3.8, 4) is 11.1 Å². The van der Waals surface area contributed by atoms with Gasteiger partial charge in [0.15, 0.2) is 5.13 Å². The van der Waals surface area contributed by atoms with Crippen molar-refractivity contribution in [3.63, 3.8) is 0 Å². The summed E-state index contributed by atoms with van der Waals surface area (Å²) in [5.41, 5.74) is 2.72. The molecule has 1 aliphatic heterocycles. The maximum atomic E-state index is 11.8. The average molecular weight is 467 g/mol. The van der Waals surface area contributed by atoms with E-state index in [-0.39, 0.29) is 6.03 Å². The fourth-order valence-corrected chi connectivity index (χ4v) is 4.73. The first-order valence-corrected chi connectivity index (χ1v) is 11.6. The Morgan fingerprint density at radius 1 is 1.24 bits per heavy atom. The number of hydrogen-bond donors (Lipinski definition) is 3. The quantitative estimate of drug-likeness (QED) is 0.497. The smallest absolute Gasteiger partial charge is 0.321 e. The Morgan fingerprint density at radius 3 is 2.55 bits per heavy atom. The lowest BCUT2D eigenvalue weighted by molar-refractivity contribution is -0.149. The number of carboxylic acids is 1. The summed E-state index contributed by atoms with van der Waals surface area (Å²) in [5.74, 6) is -0.156. The van der Waals surface area contributed by atoms with Crippen LogP contribution in [0.25, 0.3) is 27.4 Å². The van der Waals surface area contributed by atoms with Gasteiger partial charge in [0.05, 0.1) is 15.6 Å². The highest BCUT2D eigenvalue weighted by atomic mass is 32.1. The summed E-state index contributed by atoms with van der Waals surface area (Å²) in [5, 5.41) is 15.4. The number of anilines is 2. The molecule has 10 heteroatoms. The minimum Gasteiger partial charge on any atom is -0.481 e. The van der Waals surface area contributed by atoms with E-state index in [4.69, 9.17) is 0 Å². The van der Waals surface area contributed by atoms with Crippen LogP contribution in [0, 0.1) is 5.41 Å². The molecule has 1 aromatic carbocycles. The van der Waals surface area contributed by atoms with E-state index in [0.29, 0.717) is 43.6 Å². The van der Waals surface area contributed by atoms with Crippen molar-refractivity contribution in [2.45, 2.75) is 26.7 Å². The zero-order chi connectivity index (χ0) is 23.6. The second-order valence-corrected chi connectivity index (χ2v) is 9.24. The number of aliphatic carboxylic acids is 1. The fourth-order valence-electron chi connectivity index (χ4n) is 3.78. The largest absolute Gasteiger partial charge is 0.481 e. The van der Waals surface area contributed by atoms with Crippen LogP contribution in [0.5, 0.6) is 0 Å². The zero-order valence-corrected chi connectivity index (χ0v) is 19.4. The number of urea groups is 1. The minimum absolute atomic E-state index is 0.290. The van der Waals surface area contributed by atoms with Crippen LogP contribution >= 0.6 is 11.3 Å². The normalized spacial score (nSPS) is 15.3. The molecule has 0 radical (unpaired) electrons. The van der Waals surface area contributed by atoms with Crippen molar-refractivity contribution in [2.75, 3.05) is 29.9 Å².